The van der Waals surface area contributed by atoms with Crippen LogP contribution in [0.4, 0.5) is 11.4 Å². The summed E-state index contributed by atoms with van der Waals surface area (Å²) in [6, 6.07) is 17.7. The Morgan fingerprint density at radius 3 is 2.56 bits per heavy atom. The Kier molecular flexibility index (Phi) is 5.63. The molecule has 1 fully saturated rings. The van der Waals surface area contributed by atoms with Crippen molar-refractivity contribution in [3.63, 3.8) is 0 Å². The standard InChI is InChI=1S/C26H22N2O6/c1-32-23-13-19-18-5-2-3-6-21(18)34-22(19)14-20(23)27-24(29)15-33-26(31)16-8-10-17(11-9-16)28-12-4-7-25(28)30/h2-3,5-6,8-11,13-14H,4,7,12,15H2,1H3,(H,27,29). The molecule has 0 aliphatic carbocycles. The molecule has 2 heterocycles. The van der Waals surface area contributed by atoms with Crippen LogP contribution in [0.1, 0.15) is 23.2 Å². The molecule has 0 atom stereocenters. The molecule has 4 aromatic rings. The molecule has 1 N–H and O–H groups in total. The first kappa shape index (κ1) is 21.5. The molecule has 0 unspecified atom stereocenters. The number of carbonyl (C=O) groups is 3. The lowest BCUT2D eigenvalue weighted by Gasteiger charge is -2.15. The molecule has 1 aromatic heterocycles. The van der Waals surface area contributed by atoms with Crippen LogP contribution in [0.5, 0.6) is 5.75 Å². The number of para-hydroxylation sites is 1. The predicted octanol–water partition coefficient (Wildman–Crippen LogP) is 4.52. The third-order valence-electron chi connectivity index (χ3n) is 5.80. The summed E-state index contributed by atoms with van der Waals surface area (Å²) in [6.07, 6.45) is 1.36. The lowest BCUT2D eigenvalue weighted by molar-refractivity contribution is -0.119. The molecule has 34 heavy (non-hydrogen) atoms. The van der Waals surface area contributed by atoms with Gasteiger partial charge in [0, 0.05) is 35.5 Å². The number of furan rings is 1. The minimum Gasteiger partial charge on any atom is -0.495 e. The number of rotatable bonds is 6. The van der Waals surface area contributed by atoms with Gasteiger partial charge in [-0.25, -0.2) is 4.79 Å². The molecule has 1 aliphatic rings. The number of amides is 2. The monoisotopic (exact) mass is 458 g/mol. The van der Waals surface area contributed by atoms with Crippen LogP contribution in [0.3, 0.4) is 0 Å². The Hall–Kier alpha value is -4.33. The minimum atomic E-state index is -0.630. The molecule has 1 aliphatic heterocycles. The molecule has 0 radical (unpaired) electrons. The van der Waals surface area contributed by atoms with E-state index in [0.29, 0.717) is 35.5 Å². The number of fused-ring (bicyclic) bond motifs is 3. The van der Waals surface area contributed by atoms with E-state index in [4.69, 9.17) is 13.9 Å². The van der Waals surface area contributed by atoms with E-state index in [-0.39, 0.29) is 5.91 Å². The van der Waals surface area contributed by atoms with Gasteiger partial charge in [-0.1, -0.05) is 18.2 Å². The van der Waals surface area contributed by atoms with E-state index in [9.17, 15) is 14.4 Å². The fourth-order valence-corrected chi connectivity index (χ4v) is 4.12. The van der Waals surface area contributed by atoms with Crippen molar-refractivity contribution in [1.29, 1.82) is 0 Å². The Labute approximate surface area is 195 Å². The maximum Gasteiger partial charge on any atom is 0.338 e. The average molecular weight is 458 g/mol. The molecular formula is C26H22N2O6. The number of benzene rings is 3. The van der Waals surface area contributed by atoms with Gasteiger partial charge in [0.1, 0.15) is 16.9 Å². The van der Waals surface area contributed by atoms with Crippen LogP contribution in [0.2, 0.25) is 0 Å². The van der Waals surface area contributed by atoms with Gasteiger partial charge in [0.2, 0.25) is 5.91 Å². The summed E-state index contributed by atoms with van der Waals surface area (Å²) in [6.45, 7) is 0.207. The van der Waals surface area contributed by atoms with Crippen molar-refractivity contribution in [2.24, 2.45) is 0 Å². The molecule has 2 amide bonds. The van der Waals surface area contributed by atoms with Gasteiger partial charge < -0.3 is 24.1 Å². The number of nitrogens with zero attached hydrogens (tertiary/aromatic N) is 1. The van der Waals surface area contributed by atoms with E-state index >= 15 is 0 Å². The number of hydrogen-bond acceptors (Lipinski definition) is 6. The summed E-state index contributed by atoms with van der Waals surface area (Å²) in [5.74, 6) is -0.607. The second-order valence-electron chi connectivity index (χ2n) is 7.97. The van der Waals surface area contributed by atoms with Gasteiger partial charge in [0.25, 0.3) is 5.91 Å². The van der Waals surface area contributed by atoms with Crippen LogP contribution in [0, 0.1) is 0 Å². The second kappa shape index (κ2) is 8.90. The highest BCUT2D eigenvalue weighted by Gasteiger charge is 2.22. The third kappa shape index (κ3) is 4.05. The number of nitrogens with one attached hydrogen (secondary N) is 1. The number of methoxy groups -OCH3 is 1. The number of ether oxygens (including phenoxy) is 2. The molecule has 8 heteroatoms. The fourth-order valence-electron chi connectivity index (χ4n) is 4.12. The smallest absolute Gasteiger partial charge is 0.338 e. The van der Waals surface area contributed by atoms with Crippen molar-refractivity contribution >= 4 is 51.1 Å². The highest BCUT2D eigenvalue weighted by Crippen LogP contribution is 2.36. The molecule has 8 nitrogen and oxygen atoms in total. The van der Waals surface area contributed by atoms with Crippen LogP contribution < -0.4 is 15.0 Å². The lowest BCUT2D eigenvalue weighted by Crippen LogP contribution is -2.23. The number of hydrogen-bond donors (Lipinski definition) is 1. The van der Waals surface area contributed by atoms with Gasteiger partial charge >= 0.3 is 5.97 Å². The lowest BCUT2D eigenvalue weighted by atomic mass is 10.1. The van der Waals surface area contributed by atoms with Crippen molar-refractivity contribution in [1.82, 2.24) is 0 Å². The van der Waals surface area contributed by atoms with Gasteiger partial charge in [-0.05, 0) is 42.8 Å². The molecule has 5 rings (SSSR count). The van der Waals surface area contributed by atoms with Crippen LogP contribution in [-0.4, -0.2) is 38.0 Å². The number of esters is 1. The van der Waals surface area contributed by atoms with Crippen LogP contribution in [0.25, 0.3) is 21.9 Å². The van der Waals surface area contributed by atoms with Gasteiger partial charge in [0.15, 0.2) is 6.61 Å². The fraction of sp³-hybridized carbons (Fsp3) is 0.192. The largest absolute Gasteiger partial charge is 0.495 e. The highest BCUT2D eigenvalue weighted by molar-refractivity contribution is 6.08. The zero-order valence-electron chi connectivity index (χ0n) is 18.5. The Balaban J connectivity index is 1.24. The molecule has 0 spiro atoms. The zero-order valence-corrected chi connectivity index (χ0v) is 18.5. The van der Waals surface area contributed by atoms with Gasteiger partial charge in [-0.15, -0.1) is 0 Å². The highest BCUT2D eigenvalue weighted by atomic mass is 16.5. The summed E-state index contributed by atoms with van der Waals surface area (Å²) in [5.41, 5.74) is 2.78. The summed E-state index contributed by atoms with van der Waals surface area (Å²) in [5, 5.41) is 4.53. The molecule has 3 aromatic carbocycles. The molecule has 172 valence electrons. The molecular weight excluding hydrogens is 436 g/mol. The van der Waals surface area contributed by atoms with Crippen molar-refractivity contribution < 1.29 is 28.3 Å². The van der Waals surface area contributed by atoms with Crippen LogP contribution >= 0.6 is 0 Å². The SMILES string of the molecule is COc1cc2c(cc1NC(=O)COC(=O)c1ccc(N3CCCC3=O)cc1)oc1ccccc12. The first-order chi connectivity index (χ1) is 16.5. The topological polar surface area (TPSA) is 98.1 Å². The Morgan fingerprint density at radius 2 is 1.82 bits per heavy atom. The van der Waals surface area contributed by atoms with Crippen LogP contribution in [0.15, 0.2) is 65.1 Å². The Morgan fingerprint density at radius 1 is 1.03 bits per heavy atom. The van der Waals surface area contributed by atoms with Gasteiger partial charge in [0.05, 0.1) is 18.4 Å². The second-order valence-corrected chi connectivity index (χ2v) is 7.97. The maximum absolute atomic E-state index is 12.5. The van der Waals surface area contributed by atoms with Crippen molar-refractivity contribution in [3.05, 3.63) is 66.2 Å². The average Bonchev–Trinajstić information content (AvgIpc) is 3.44. The Bertz CT molecular complexity index is 1410. The normalized spacial score (nSPS) is 13.4. The van der Waals surface area contributed by atoms with Crippen molar-refractivity contribution in [2.75, 3.05) is 30.5 Å². The third-order valence-corrected chi connectivity index (χ3v) is 5.80. The summed E-state index contributed by atoms with van der Waals surface area (Å²) in [4.78, 5) is 38.4. The molecule has 0 bridgehead atoms. The summed E-state index contributed by atoms with van der Waals surface area (Å²) >= 11 is 0. The van der Waals surface area contributed by atoms with Crippen molar-refractivity contribution in [3.8, 4) is 5.75 Å². The van der Waals surface area contributed by atoms with Gasteiger partial charge in [-0.3, -0.25) is 9.59 Å². The predicted molar refractivity (Wildman–Crippen MR) is 127 cm³/mol. The first-order valence-electron chi connectivity index (χ1n) is 10.9. The van der Waals surface area contributed by atoms with E-state index in [2.05, 4.69) is 5.32 Å². The van der Waals surface area contributed by atoms with E-state index in [0.717, 1.165) is 28.5 Å². The minimum absolute atomic E-state index is 0.0725. The van der Waals surface area contributed by atoms with E-state index in [1.807, 2.05) is 24.3 Å². The quantitative estimate of drug-likeness (QED) is 0.427. The summed E-state index contributed by atoms with van der Waals surface area (Å²) in [7, 11) is 1.51. The summed E-state index contributed by atoms with van der Waals surface area (Å²) < 4.78 is 16.5. The first-order valence-corrected chi connectivity index (χ1v) is 10.9. The van der Waals surface area contributed by atoms with E-state index in [1.165, 1.54) is 7.11 Å². The van der Waals surface area contributed by atoms with E-state index in [1.54, 1.807) is 41.3 Å². The van der Waals surface area contributed by atoms with Crippen molar-refractivity contribution in [2.45, 2.75) is 12.8 Å². The van der Waals surface area contributed by atoms with E-state index < -0.39 is 18.5 Å². The number of anilines is 2. The zero-order chi connectivity index (χ0) is 23.7. The van der Waals surface area contributed by atoms with Gasteiger partial charge in [-0.2, -0.15) is 0 Å². The molecule has 1 saturated heterocycles. The van der Waals surface area contributed by atoms with Crippen LogP contribution in [-0.2, 0) is 14.3 Å². The number of carbonyl (C=O) groups excluding carboxylic acids is 3. The molecule has 0 saturated carbocycles. The maximum atomic E-state index is 12.5.